The van der Waals surface area contributed by atoms with Gasteiger partial charge in [0.25, 0.3) is 0 Å². The lowest BCUT2D eigenvalue weighted by Crippen LogP contribution is -2.29. The predicted molar refractivity (Wildman–Crippen MR) is 81.9 cm³/mol. The summed E-state index contributed by atoms with van der Waals surface area (Å²) in [5, 5.41) is 1.25. The van der Waals surface area contributed by atoms with Gasteiger partial charge in [0, 0.05) is 24.4 Å². The number of rotatable bonds is 3. The Hall–Kier alpha value is -0.410. The van der Waals surface area contributed by atoms with Crippen molar-refractivity contribution in [3.05, 3.63) is 15.6 Å². The van der Waals surface area contributed by atoms with Crippen LogP contribution in [-0.4, -0.2) is 29.5 Å². The minimum absolute atomic E-state index is 1.02. The quantitative estimate of drug-likeness (QED) is 0.835. The van der Waals surface area contributed by atoms with Crippen LogP contribution in [0.4, 0.5) is 0 Å². The SMILES string of the molecule is Cc1nc2c(s1)CCN(CCC1CCCCC1)CC2. The van der Waals surface area contributed by atoms with E-state index in [1.54, 1.807) is 4.88 Å². The Labute approximate surface area is 121 Å². The lowest BCUT2D eigenvalue weighted by atomic mass is 9.87. The first-order valence-electron chi connectivity index (χ1n) is 7.99. The summed E-state index contributed by atoms with van der Waals surface area (Å²) in [6.45, 7) is 5.93. The van der Waals surface area contributed by atoms with Gasteiger partial charge in [-0.25, -0.2) is 4.98 Å². The van der Waals surface area contributed by atoms with Crippen LogP contribution in [0, 0.1) is 12.8 Å². The predicted octanol–water partition coefficient (Wildman–Crippen LogP) is 3.82. The molecule has 2 heterocycles. The van der Waals surface area contributed by atoms with E-state index in [1.807, 2.05) is 11.3 Å². The summed E-state index contributed by atoms with van der Waals surface area (Å²) in [5.41, 5.74) is 1.39. The van der Waals surface area contributed by atoms with E-state index in [1.165, 1.54) is 81.7 Å². The Morgan fingerprint density at radius 3 is 2.79 bits per heavy atom. The minimum Gasteiger partial charge on any atom is -0.303 e. The van der Waals surface area contributed by atoms with Crippen LogP contribution in [0.1, 0.15) is 54.1 Å². The highest BCUT2D eigenvalue weighted by Gasteiger charge is 2.19. The monoisotopic (exact) mass is 278 g/mol. The first-order chi connectivity index (χ1) is 9.31. The molecule has 0 saturated heterocycles. The summed E-state index contributed by atoms with van der Waals surface area (Å²) in [5.74, 6) is 1.02. The Kier molecular flexibility index (Phi) is 4.54. The van der Waals surface area contributed by atoms with Gasteiger partial charge in [-0.1, -0.05) is 32.1 Å². The minimum atomic E-state index is 1.02. The van der Waals surface area contributed by atoms with Crippen LogP contribution in [0.2, 0.25) is 0 Å². The first-order valence-corrected chi connectivity index (χ1v) is 8.80. The molecule has 0 N–H and O–H groups in total. The maximum Gasteiger partial charge on any atom is 0.0900 e. The van der Waals surface area contributed by atoms with E-state index < -0.39 is 0 Å². The molecule has 1 aromatic rings. The fourth-order valence-corrected chi connectivity index (χ4v) is 4.57. The van der Waals surface area contributed by atoms with Crippen LogP contribution in [0.5, 0.6) is 0 Å². The Morgan fingerprint density at radius 1 is 1.16 bits per heavy atom. The van der Waals surface area contributed by atoms with Gasteiger partial charge in [0.15, 0.2) is 0 Å². The van der Waals surface area contributed by atoms with E-state index in [9.17, 15) is 0 Å². The molecule has 0 atom stereocenters. The van der Waals surface area contributed by atoms with E-state index in [0.29, 0.717) is 0 Å². The normalized spacial score (nSPS) is 22.2. The van der Waals surface area contributed by atoms with Crippen molar-refractivity contribution >= 4 is 11.3 Å². The summed E-state index contributed by atoms with van der Waals surface area (Å²) >= 11 is 1.91. The molecule has 2 aliphatic rings. The fourth-order valence-electron chi connectivity index (χ4n) is 3.60. The molecule has 0 bridgehead atoms. The molecule has 0 radical (unpaired) electrons. The number of nitrogens with zero attached hydrogens (tertiary/aromatic N) is 2. The van der Waals surface area contributed by atoms with Crippen molar-refractivity contribution in [3.63, 3.8) is 0 Å². The van der Waals surface area contributed by atoms with Crippen molar-refractivity contribution < 1.29 is 0 Å². The average molecular weight is 278 g/mol. The molecular formula is C16H26N2S. The van der Waals surface area contributed by atoms with Crippen LogP contribution in [0.25, 0.3) is 0 Å². The van der Waals surface area contributed by atoms with Gasteiger partial charge >= 0.3 is 0 Å². The highest BCUT2D eigenvalue weighted by molar-refractivity contribution is 7.11. The molecule has 0 spiro atoms. The molecule has 2 nitrogen and oxygen atoms in total. The van der Waals surface area contributed by atoms with E-state index in [2.05, 4.69) is 16.8 Å². The van der Waals surface area contributed by atoms with E-state index >= 15 is 0 Å². The molecule has 3 heteroatoms. The molecule has 1 saturated carbocycles. The summed E-state index contributed by atoms with van der Waals surface area (Å²) in [4.78, 5) is 8.92. The number of hydrogen-bond donors (Lipinski definition) is 0. The Balaban J connectivity index is 1.47. The van der Waals surface area contributed by atoms with Crippen molar-refractivity contribution in [2.24, 2.45) is 5.92 Å². The molecule has 0 unspecified atom stereocenters. The van der Waals surface area contributed by atoms with Crippen LogP contribution >= 0.6 is 11.3 Å². The maximum absolute atomic E-state index is 4.69. The van der Waals surface area contributed by atoms with Gasteiger partial charge in [0.1, 0.15) is 0 Å². The second-order valence-electron chi connectivity index (χ2n) is 6.24. The molecule has 106 valence electrons. The fraction of sp³-hybridized carbons (Fsp3) is 0.812. The van der Waals surface area contributed by atoms with E-state index in [0.717, 1.165) is 5.92 Å². The van der Waals surface area contributed by atoms with Gasteiger partial charge in [0.2, 0.25) is 0 Å². The van der Waals surface area contributed by atoms with Crippen molar-refractivity contribution in [2.45, 2.75) is 58.3 Å². The first kappa shape index (κ1) is 13.6. The Bertz CT molecular complexity index is 381. The lowest BCUT2D eigenvalue weighted by molar-refractivity contribution is 0.239. The van der Waals surface area contributed by atoms with Gasteiger partial charge in [0.05, 0.1) is 10.7 Å². The van der Waals surface area contributed by atoms with Gasteiger partial charge in [-0.3, -0.25) is 0 Å². The number of thiazole rings is 1. The van der Waals surface area contributed by atoms with Crippen LogP contribution in [0.3, 0.4) is 0 Å². The van der Waals surface area contributed by atoms with Gasteiger partial charge < -0.3 is 4.90 Å². The summed E-state index contributed by atoms with van der Waals surface area (Å²) in [7, 11) is 0. The highest BCUT2D eigenvalue weighted by atomic mass is 32.1. The van der Waals surface area contributed by atoms with E-state index in [4.69, 9.17) is 0 Å². The molecule has 1 aliphatic carbocycles. The van der Waals surface area contributed by atoms with Crippen molar-refractivity contribution in [1.29, 1.82) is 0 Å². The zero-order valence-corrected chi connectivity index (χ0v) is 13.0. The van der Waals surface area contributed by atoms with Crippen LogP contribution in [0.15, 0.2) is 0 Å². The summed E-state index contributed by atoms with van der Waals surface area (Å²) < 4.78 is 0. The third-order valence-corrected chi connectivity index (χ3v) is 5.86. The molecule has 3 rings (SSSR count). The molecule has 19 heavy (non-hydrogen) atoms. The third-order valence-electron chi connectivity index (χ3n) is 4.78. The second kappa shape index (κ2) is 6.36. The highest BCUT2D eigenvalue weighted by Crippen LogP contribution is 2.27. The zero-order chi connectivity index (χ0) is 13.1. The van der Waals surface area contributed by atoms with Gasteiger partial charge in [-0.2, -0.15) is 0 Å². The number of fused-ring (bicyclic) bond motifs is 1. The third kappa shape index (κ3) is 3.57. The smallest absolute Gasteiger partial charge is 0.0900 e. The lowest BCUT2D eigenvalue weighted by Gasteiger charge is -2.26. The molecule has 0 amide bonds. The van der Waals surface area contributed by atoms with Crippen molar-refractivity contribution in [3.8, 4) is 0 Å². The van der Waals surface area contributed by atoms with Gasteiger partial charge in [-0.15, -0.1) is 11.3 Å². The summed E-state index contributed by atoms with van der Waals surface area (Å²) in [6, 6.07) is 0. The second-order valence-corrected chi connectivity index (χ2v) is 7.52. The van der Waals surface area contributed by atoms with Crippen molar-refractivity contribution in [1.82, 2.24) is 9.88 Å². The standard InChI is InChI=1S/C16H26N2S/c1-13-17-15-8-11-18(12-9-16(15)19-13)10-7-14-5-3-2-4-6-14/h14H,2-12H2,1H3. The Morgan fingerprint density at radius 2 is 1.95 bits per heavy atom. The van der Waals surface area contributed by atoms with Gasteiger partial charge in [-0.05, 0) is 32.2 Å². The maximum atomic E-state index is 4.69. The molecule has 1 aromatic heterocycles. The number of hydrogen-bond acceptors (Lipinski definition) is 3. The van der Waals surface area contributed by atoms with E-state index in [-0.39, 0.29) is 0 Å². The van der Waals surface area contributed by atoms with Crippen LogP contribution in [-0.2, 0) is 12.8 Å². The molecular weight excluding hydrogens is 252 g/mol. The topological polar surface area (TPSA) is 16.1 Å². The number of aromatic nitrogens is 1. The van der Waals surface area contributed by atoms with Crippen LogP contribution < -0.4 is 0 Å². The largest absolute Gasteiger partial charge is 0.303 e. The molecule has 0 aromatic carbocycles. The summed E-state index contributed by atoms with van der Waals surface area (Å²) in [6.07, 6.45) is 11.2. The molecule has 1 fully saturated rings. The zero-order valence-electron chi connectivity index (χ0n) is 12.2. The number of aryl methyl sites for hydroxylation is 1. The van der Waals surface area contributed by atoms with Crippen molar-refractivity contribution in [2.75, 3.05) is 19.6 Å². The average Bonchev–Trinajstić information content (AvgIpc) is 2.69. The molecule has 1 aliphatic heterocycles.